The summed E-state index contributed by atoms with van der Waals surface area (Å²) in [7, 11) is 0. The van der Waals surface area contributed by atoms with Crippen LogP contribution in [0.5, 0.6) is 5.75 Å². The van der Waals surface area contributed by atoms with E-state index in [-0.39, 0.29) is 22.3 Å². The lowest BCUT2D eigenvalue weighted by Crippen LogP contribution is -2.23. The molecule has 0 aliphatic carbocycles. The first kappa shape index (κ1) is 23.0. The van der Waals surface area contributed by atoms with E-state index < -0.39 is 12.3 Å². The zero-order valence-electron chi connectivity index (χ0n) is 17.5. The molecule has 0 aliphatic heterocycles. The Hall–Kier alpha value is -4.18. The van der Waals surface area contributed by atoms with Gasteiger partial charge in [0.25, 0.3) is 11.5 Å². The van der Waals surface area contributed by atoms with E-state index in [1.807, 2.05) is 12.1 Å². The van der Waals surface area contributed by atoms with Crippen molar-refractivity contribution in [2.75, 3.05) is 0 Å². The van der Waals surface area contributed by atoms with Crippen molar-refractivity contribution in [1.29, 1.82) is 0 Å². The number of aromatic nitrogens is 2. The molecule has 1 aromatic heterocycles. The molecule has 7 nitrogen and oxygen atoms in total. The highest BCUT2D eigenvalue weighted by atomic mass is 19.4. The predicted molar refractivity (Wildman–Crippen MR) is 118 cm³/mol. The monoisotopic (exact) mass is 469 g/mol. The van der Waals surface area contributed by atoms with Crippen molar-refractivity contribution in [3.8, 4) is 16.9 Å². The molecule has 1 heterocycles. The Morgan fingerprint density at radius 2 is 1.76 bits per heavy atom. The third kappa shape index (κ3) is 5.24. The van der Waals surface area contributed by atoms with E-state index in [0.29, 0.717) is 29.6 Å². The molecule has 0 saturated carbocycles. The van der Waals surface area contributed by atoms with Crippen LogP contribution in [0.25, 0.3) is 22.0 Å². The topological polar surface area (TPSA) is 93.5 Å². The van der Waals surface area contributed by atoms with Crippen molar-refractivity contribution in [3.05, 3.63) is 94.5 Å². The van der Waals surface area contributed by atoms with Gasteiger partial charge in [0.1, 0.15) is 5.75 Å². The molecule has 2 N–H and O–H groups in total. The second-order valence-electron chi connectivity index (χ2n) is 7.44. The van der Waals surface area contributed by atoms with Crippen molar-refractivity contribution in [1.82, 2.24) is 15.0 Å². The van der Waals surface area contributed by atoms with E-state index in [1.165, 1.54) is 52.8 Å². The highest BCUT2D eigenvalue weighted by Gasteiger charge is 2.31. The van der Waals surface area contributed by atoms with Crippen molar-refractivity contribution >= 4 is 16.8 Å². The summed E-state index contributed by atoms with van der Waals surface area (Å²) < 4.78 is 43.0. The lowest BCUT2D eigenvalue weighted by atomic mass is 10.0. The summed E-state index contributed by atoms with van der Waals surface area (Å²) >= 11 is 0. The van der Waals surface area contributed by atoms with Gasteiger partial charge in [-0.2, -0.15) is 0 Å². The van der Waals surface area contributed by atoms with E-state index in [2.05, 4.69) is 9.72 Å². The summed E-state index contributed by atoms with van der Waals surface area (Å²) in [5.41, 5.74) is 3.85. The van der Waals surface area contributed by atoms with Crippen molar-refractivity contribution < 1.29 is 27.9 Å². The molecule has 0 fully saturated rings. The average Bonchev–Trinajstić information content (AvgIpc) is 2.82. The highest BCUT2D eigenvalue weighted by Crippen LogP contribution is 2.28. The third-order valence-electron chi connectivity index (χ3n) is 5.16. The van der Waals surface area contributed by atoms with Gasteiger partial charge in [0.05, 0.1) is 17.2 Å². The molecule has 4 rings (SSSR count). The van der Waals surface area contributed by atoms with Gasteiger partial charge in [-0.3, -0.25) is 19.4 Å². The van der Waals surface area contributed by atoms with E-state index in [9.17, 15) is 22.8 Å². The minimum Gasteiger partial charge on any atom is -0.406 e. The number of aryl methyl sites for hydroxylation is 2. The first-order valence-electron chi connectivity index (χ1n) is 10.1. The number of benzene rings is 3. The van der Waals surface area contributed by atoms with Crippen LogP contribution < -0.4 is 15.8 Å². The fourth-order valence-electron chi connectivity index (χ4n) is 3.55. The Morgan fingerprint density at radius 3 is 2.50 bits per heavy atom. The molecule has 0 aliphatic rings. The minimum absolute atomic E-state index is 0.121. The molecular weight excluding hydrogens is 451 g/mol. The Balaban J connectivity index is 1.55. The van der Waals surface area contributed by atoms with E-state index in [1.54, 1.807) is 18.2 Å². The fraction of sp³-hybridized carbons (Fsp3) is 0.125. The number of amides is 1. The van der Waals surface area contributed by atoms with E-state index in [4.69, 9.17) is 5.21 Å². The van der Waals surface area contributed by atoms with Crippen LogP contribution in [0, 0.1) is 0 Å². The van der Waals surface area contributed by atoms with Crippen LogP contribution in [0.3, 0.4) is 0 Å². The lowest BCUT2D eigenvalue weighted by molar-refractivity contribution is -0.274. The molecule has 0 bridgehead atoms. The van der Waals surface area contributed by atoms with Crippen LogP contribution in [0.2, 0.25) is 0 Å². The van der Waals surface area contributed by atoms with Gasteiger partial charge in [-0.25, -0.2) is 10.5 Å². The van der Waals surface area contributed by atoms with Gasteiger partial charge in [-0.05, 0) is 53.4 Å². The number of hydrogen-bond acceptors (Lipinski definition) is 5. The number of fused-ring (bicyclic) bond motifs is 1. The number of hydrogen-bond donors (Lipinski definition) is 2. The van der Waals surface area contributed by atoms with E-state index >= 15 is 0 Å². The molecule has 0 unspecified atom stereocenters. The van der Waals surface area contributed by atoms with Crippen molar-refractivity contribution in [2.45, 2.75) is 19.3 Å². The molecule has 0 spiro atoms. The van der Waals surface area contributed by atoms with Gasteiger partial charge in [-0.1, -0.05) is 36.4 Å². The van der Waals surface area contributed by atoms with Crippen LogP contribution in [-0.2, 0) is 13.0 Å². The van der Waals surface area contributed by atoms with Crippen LogP contribution in [0.1, 0.15) is 15.9 Å². The summed E-state index contributed by atoms with van der Waals surface area (Å²) in [5, 5.41) is 9.04. The summed E-state index contributed by atoms with van der Waals surface area (Å²) in [4.78, 5) is 28.8. The van der Waals surface area contributed by atoms with Gasteiger partial charge in [0, 0.05) is 12.1 Å². The maximum Gasteiger partial charge on any atom is 0.573 e. The molecule has 0 radical (unpaired) electrons. The smallest absolute Gasteiger partial charge is 0.406 e. The van der Waals surface area contributed by atoms with Crippen molar-refractivity contribution in [3.63, 3.8) is 0 Å². The van der Waals surface area contributed by atoms with Crippen molar-refractivity contribution in [2.24, 2.45) is 0 Å². The summed E-state index contributed by atoms with van der Waals surface area (Å²) in [5.74, 6) is -1.04. The van der Waals surface area contributed by atoms with Crippen LogP contribution in [0.4, 0.5) is 13.2 Å². The largest absolute Gasteiger partial charge is 0.573 e. The minimum atomic E-state index is -4.77. The molecule has 0 atom stereocenters. The molecule has 174 valence electrons. The quantitative estimate of drug-likeness (QED) is 0.324. The normalized spacial score (nSPS) is 11.4. The fourth-order valence-corrected chi connectivity index (χ4v) is 3.55. The number of hydroxylamine groups is 1. The Kier molecular flexibility index (Phi) is 6.33. The van der Waals surface area contributed by atoms with Gasteiger partial charge >= 0.3 is 6.36 Å². The first-order valence-corrected chi connectivity index (χ1v) is 10.1. The maximum atomic E-state index is 12.9. The Bertz CT molecular complexity index is 1420. The van der Waals surface area contributed by atoms with E-state index in [0.717, 1.165) is 5.56 Å². The number of rotatable bonds is 6. The molecule has 1 amide bonds. The maximum absolute atomic E-state index is 12.9. The zero-order chi connectivity index (χ0) is 24.3. The first-order chi connectivity index (χ1) is 16.2. The molecule has 10 heteroatoms. The predicted octanol–water partition coefficient (Wildman–Crippen LogP) is 4.32. The summed E-state index contributed by atoms with van der Waals surface area (Å²) in [6, 6.07) is 17.3. The van der Waals surface area contributed by atoms with Crippen LogP contribution >= 0.6 is 0 Å². The number of halogens is 3. The van der Waals surface area contributed by atoms with Gasteiger partial charge in [0.2, 0.25) is 0 Å². The summed E-state index contributed by atoms with van der Waals surface area (Å²) in [6.07, 6.45) is -2.90. The standard InChI is InChI=1S/C24H18F3N3O4/c25-24(26,27)34-19-6-2-5-17(12-19)16-4-1-3-15(11-16)9-10-30-14-28-21-8-7-18(22(31)29-33)13-20(21)23(30)32/h1-8,11-14,33H,9-10H2,(H,29,31). The molecule has 34 heavy (non-hydrogen) atoms. The third-order valence-corrected chi connectivity index (χ3v) is 5.16. The lowest BCUT2D eigenvalue weighted by Gasteiger charge is -2.11. The van der Waals surface area contributed by atoms with Gasteiger partial charge in [-0.15, -0.1) is 13.2 Å². The Labute approximate surface area is 191 Å². The number of alkyl halides is 3. The Morgan fingerprint density at radius 1 is 1.03 bits per heavy atom. The molecule has 3 aromatic carbocycles. The number of ether oxygens (including phenoxy) is 1. The second kappa shape index (κ2) is 9.36. The van der Waals surface area contributed by atoms with Gasteiger partial charge in [0.15, 0.2) is 0 Å². The number of carbonyl (C=O) groups excluding carboxylic acids is 1. The van der Waals surface area contributed by atoms with Gasteiger partial charge < -0.3 is 4.74 Å². The number of nitrogens with zero attached hydrogens (tertiary/aromatic N) is 2. The summed E-state index contributed by atoms with van der Waals surface area (Å²) in [6.45, 7) is 0.291. The zero-order valence-corrected chi connectivity index (χ0v) is 17.5. The molecule has 4 aromatic rings. The number of nitrogens with one attached hydrogen (secondary N) is 1. The second-order valence-corrected chi connectivity index (χ2v) is 7.44. The molecule has 0 saturated heterocycles. The average molecular weight is 469 g/mol. The number of carbonyl (C=O) groups is 1. The highest BCUT2D eigenvalue weighted by molar-refractivity contribution is 5.97. The van der Waals surface area contributed by atoms with Crippen LogP contribution in [-0.4, -0.2) is 27.0 Å². The van der Waals surface area contributed by atoms with Crippen LogP contribution in [0.15, 0.2) is 77.9 Å². The molecular formula is C24H18F3N3O4. The SMILES string of the molecule is O=C(NO)c1ccc2ncn(CCc3cccc(-c4cccc(OC(F)(F)F)c4)c3)c(=O)c2c1.